The number of hydrogen-bond acceptors (Lipinski definition) is 6. The Balaban J connectivity index is 1.10. The van der Waals surface area contributed by atoms with Gasteiger partial charge in [0.1, 0.15) is 0 Å². The van der Waals surface area contributed by atoms with Gasteiger partial charge in [-0.05, 0) is 98.1 Å². The predicted octanol–water partition coefficient (Wildman–Crippen LogP) is 5.26. The van der Waals surface area contributed by atoms with E-state index in [1.807, 2.05) is 12.1 Å². The van der Waals surface area contributed by atoms with Crippen LogP contribution in [0.1, 0.15) is 108 Å². The smallest absolute Gasteiger partial charge is 0.404 e. The van der Waals surface area contributed by atoms with Crippen molar-refractivity contribution in [3.63, 3.8) is 0 Å². The van der Waals surface area contributed by atoms with Gasteiger partial charge in [0, 0.05) is 12.0 Å². The lowest BCUT2D eigenvalue weighted by Crippen LogP contribution is -2.65. The van der Waals surface area contributed by atoms with Gasteiger partial charge in [-0.1, -0.05) is 58.8 Å². The molecule has 1 saturated heterocycles. The fraction of sp³-hybridized carbons (Fsp3) is 0.735. The van der Waals surface area contributed by atoms with Gasteiger partial charge in [-0.3, -0.25) is 9.59 Å². The number of oxime groups is 1. The molecule has 1 unspecified atom stereocenters. The first-order valence-corrected chi connectivity index (χ1v) is 16.7. The summed E-state index contributed by atoms with van der Waals surface area (Å²) in [4.78, 5) is 32.8. The second-order valence-corrected chi connectivity index (χ2v) is 15.3. The minimum atomic E-state index is -0.752. The SMILES string of the molecule is CC(C)C[C@H](NC(=O)C1CC([C@@H](NC(=O)c2cccc3c2CCCC3)C(C)C)=NO1)B1O[C@@H]2C[C@@H]3C[C@@H](C3(C)C)[C@]2(C)O1. The summed E-state index contributed by atoms with van der Waals surface area (Å²) in [7, 11) is -0.488. The standard InChI is InChI=1S/C34H50BN3O5/c1-19(2)15-29(35-41-28-17-22-16-27(33(22,5)6)34(28,7)43-35)36-32(40)26-18-25(38-42-26)30(20(3)4)37-31(39)24-14-10-12-21-11-8-9-13-23(21)24/h10,12,14,19-20,22,26-30H,8-9,11,13,15-18H2,1-7H3,(H,36,40)(H,37,39)/t22-,26?,27-,28+,29-,30-,34-/m0/s1. The van der Waals surface area contributed by atoms with Crippen molar-refractivity contribution in [1.82, 2.24) is 10.6 Å². The fourth-order valence-electron chi connectivity index (χ4n) is 8.66. The van der Waals surface area contributed by atoms with Crippen molar-refractivity contribution in [3.05, 3.63) is 34.9 Å². The van der Waals surface area contributed by atoms with Crippen molar-refractivity contribution in [3.8, 4) is 0 Å². The number of aryl methyl sites for hydroxylation is 1. The number of hydrogen-bond donors (Lipinski definition) is 2. The molecule has 0 radical (unpaired) electrons. The van der Waals surface area contributed by atoms with Crippen LogP contribution in [-0.2, 0) is 31.8 Å². The predicted molar refractivity (Wildman–Crippen MR) is 168 cm³/mol. The van der Waals surface area contributed by atoms with E-state index in [0.717, 1.165) is 43.2 Å². The van der Waals surface area contributed by atoms with Crippen molar-refractivity contribution in [2.75, 3.05) is 0 Å². The number of benzene rings is 1. The van der Waals surface area contributed by atoms with E-state index in [-0.39, 0.29) is 46.8 Å². The average Bonchev–Trinajstić information content (AvgIpc) is 3.59. The van der Waals surface area contributed by atoms with Crippen LogP contribution in [0.3, 0.4) is 0 Å². The van der Waals surface area contributed by atoms with Crippen LogP contribution in [-0.4, -0.2) is 54.4 Å². The zero-order valence-electron chi connectivity index (χ0n) is 27.1. The van der Waals surface area contributed by atoms with Crippen molar-refractivity contribution in [2.45, 2.75) is 130 Å². The first kappa shape index (κ1) is 30.6. The van der Waals surface area contributed by atoms with E-state index in [1.165, 1.54) is 18.4 Å². The van der Waals surface area contributed by atoms with E-state index >= 15 is 0 Å². The van der Waals surface area contributed by atoms with Gasteiger partial charge in [0.25, 0.3) is 11.8 Å². The lowest BCUT2D eigenvalue weighted by molar-refractivity contribution is -0.199. The lowest BCUT2D eigenvalue weighted by atomic mass is 9.43. The molecular formula is C34H50BN3O5. The normalized spacial score (nSPS) is 31.8. The summed E-state index contributed by atoms with van der Waals surface area (Å²) in [6, 6.07) is 5.71. The molecule has 7 atom stereocenters. The molecular weight excluding hydrogens is 541 g/mol. The largest absolute Gasteiger partial charge is 0.481 e. The maximum absolute atomic E-state index is 13.6. The highest BCUT2D eigenvalue weighted by atomic mass is 16.7. The molecule has 0 aromatic heterocycles. The number of carbonyl (C=O) groups excluding carboxylic acids is 2. The molecule has 43 heavy (non-hydrogen) atoms. The van der Waals surface area contributed by atoms with Crippen LogP contribution in [0.15, 0.2) is 23.4 Å². The van der Waals surface area contributed by atoms with Crippen LogP contribution in [0, 0.1) is 29.1 Å². The van der Waals surface area contributed by atoms with Crippen LogP contribution >= 0.6 is 0 Å². The Morgan fingerprint density at radius 3 is 2.56 bits per heavy atom. The van der Waals surface area contributed by atoms with Gasteiger partial charge in [0.2, 0.25) is 6.10 Å². The minimum Gasteiger partial charge on any atom is -0.404 e. The minimum absolute atomic E-state index is 0.0594. The topological polar surface area (TPSA) is 98.3 Å². The fourth-order valence-corrected chi connectivity index (χ4v) is 8.66. The highest BCUT2D eigenvalue weighted by Gasteiger charge is 2.68. The molecule has 3 saturated carbocycles. The molecule has 1 aromatic carbocycles. The Kier molecular flexibility index (Phi) is 8.21. The molecule has 4 aliphatic carbocycles. The molecule has 2 heterocycles. The quantitative estimate of drug-likeness (QED) is 0.382. The number of amides is 2. The maximum atomic E-state index is 13.6. The Morgan fingerprint density at radius 2 is 1.84 bits per heavy atom. The van der Waals surface area contributed by atoms with Crippen LogP contribution in [0.5, 0.6) is 0 Å². The van der Waals surface area contributed by atoms with E-state index in [4.69, 9.17) is 14.1 Å². The summed E-state index contributed by atoms with van der Waals surface area (Å²) >= 11 is 0. The average molecular weight is 592 g/mol. The Hall–Kier alpha value is -2.39. The number of nitrogens with one attached hydrogen (secondary N) is 2. The summed E-state index contributed by atoms with van der Waals surface area (Å²) in [5.74, 6) is 0.972. The molecule has 8 nitrogen and oxygen atoms in total. The van der Waals surface area contributed by atoms with Gasteiger partial charge in [-0.25, -0.2) is 0 Å². The van der Waals surface area contributed by atoms with Crippen LogP contribution < -0.4 is 10.6 Å². The van der Waals surface area contributed by atoms with Crippen LogP contribution in [0.25, 0.3) is 0 Å². The second-order valence-electron chi connectivity index (χ2n) is 15.3. The van der Waals surface area contributed by atoms with Gasteiger partial charge in [-0.2, -0.15) is 0 Å². The Bertz CT molecular complexity index is 1280. The number of rotatable bonds is 9. The summed E-state index contributed by atoms with van der Waals surface area (Å²) in [5.41, 5.74) is 3.82. The number of fused-ring (bicyclic) bond motifs is 1. The molecule has 9 heteroatoms. The maximum Gasteiger partial charge on any atom is 0.481 e. The van der Waals surface area contributed by atoms with E-state index in [0.29, 0.717) is 29.9 Å². The third-order valence-electron chi connectivity index (χ3n) is 11.3. The van der Waals surface area contributed by atoms with E-state index in [1.54, 1.807) is 0 Å². The summed E-state index contributed by atoms with van der Waals surface area (Å²) in [5, 5.41) is 10.8. The third-order valence-corrected chi connectivity index (χ3v) is 11.3. The Labute approximate surface area is 257 Å². The molecule has 0 spiro atoms. The third kappa shape index (κ3) is 5.54. The molecule has 7 rings (SSSR count). The highest BCUT2D eigenvalue weighted by molar-refractivity contribution is 6.48. The lowest BCUT2D eigenvalue weighted by Gasteiger charge is -2.64. The van der Waals surface area contributed by atoms with Gasteiger partial charge in [0.05, 0.1) is 29.4 Å². The molecule has 6 aliphatic rings. The highest BCUT2D eigenvalue weighted by Crippen LogP contribution is 2.65. The number of nitrogens with zero attached hydrogens (tertiary/aromatic N) is 1. The van der Waals surface area contributed by atoms with E-state index in [9.17, 15) is 9.59 Å². The van der Waals surface area contributed by atoms with Gasteiger partial charge in [0.15, 0.2) is 0 Å². The van der Waals surface area contributed by atoms with Crippen molar-refractivity contribution in [1.29, 1.82) is 0 Å². The molecule has 2 N–H and O–H groups in total. The molecule has 2 bridgehead atoms. The first-order valence-electron chi connectivity index (χ1n) is 16.7. The van der Waals surface area contributed by atoms with Gasteiger partial charge < -0.3 is 24.8 Å². The molecule has 234 valence electrons. The van der Waals surface area contributed by atoms with E-state index in [2.05, 4.69) is 70.3 Å². The first-order chi connectivity index (χ1) is 20.4. The van der Waals surface area contributed by atoms with Gasteiger partial charge in [-0.15, -0.1) is 0 Å². The molecule has 2 amide bonds. The summed E-state index contributed by atoms with van der Waals surface area (Å²) in [6.07, 6.45) is 6.81. The van der Waals surface area contributed by atoms with Crippen molar-refractivity contribution >= 4 is 24.6 Å². The monoisotopic (exact) mass is 591 g/mol. The second kappa shape index (κ2) is 11.5. The molecule has 4 fully saturated rings. The molecule has 2 aliphatic heterocycles. The number of carbonyl (C=O) groups is 2. The molecule has 1 aromatic rings. The van der Waals surface area contributed by atoms with Crippen LogP contribution in [0.2, 0.25) is 0 Å². The van der Waals surface area contributed by atoms with Gasteiger partial charge >= 0.3 is 7.12 Å². The zero-order chi connectivity index (χ0) is 30.7. The zero-order valence-corrected chi connectivity index (χ0v) is 27.1. The van der Waals surface area contributed by atoms with Crippen molar-refractivity contribution in [2.24, 2.45) is 34.2 Å². The van der Waals surface area contributed by atoms with Crippen molar-refractivity contribution < 1.29 is 23.7 Å². The summed E-state index contributed by atoms with van der Waals surface area (Å²) < 4.78 is 13.3. The Morgan fingerprint density at radius 1 is 1.07 bits per heavy atom. The van der Waals surface area contributed by atoms with E-state index < -0.39 is 13.2 Å². The summed E-state index contributed by atoms with van der Waals surface area (Å²) in [6.45, 7) is 15.3. The van der Waals surface area contributed by atoms with Crippen LogP contribution in [0.4, 0.5) is 0 Å².